The van der Waals surface area contributed by atoms with E-state index in [1.165, 1.54) is 4.90 Å². The largest absolute Gasteiger partial charge is 0.342 e. The molecule has 2 aliphatic rings. The highest BCUT2D eigenvalue weighted by Crippen LogP contribution is 2.29. The topological polar surface area (TPSA) is 83.6 Å². The molecule has 0 spiro atoms. The summed E-state index contributed by atoms with van der Waals surface area (Å²) >= 11 is 0. The Hall–Kier alpha value is -1.11. The Kier molecular flexibility index (Phi) is 3.60. The Morgan fingerprint density at radius 2 is 1.85 bits per heavy atom. The number of hydrogen-bond donors (Lipinski definition) is 1. The normalized spacial score (nSPS) is 34.2. The van der Waals surface area contributed by atoms with Crippen LogP contribution in [0, 0.1) is 5.41 Å². The van der Waals surface area contributed by atoms with Gasteiger partial charge in [-0.05, 0) is 18.8 Å². The maximum absolute atomic E-state index is 12.6. The lowest BCUT2D eigenvalue weighted by atomic mass is 9.83. The van der Waals surface area contributed by atoms with Crippen LogP contribution in [0.15, 0.2) is 0 Å². The second-order valence-corrected chi connectivity index (χ2v) is 9.01. The minimum atomic E-state index is -3.09. The van der Waals surface area contributed by atoms with Crippen LogP contribution in [0.2, 0.25) is 0 Å². The van der Waals surface area contributed by atoms with Crippen molar-refractivity contribution in [3.8, 4) is 0 Å². The first-order valence-electron chi connectivity index (χ1n) is 6.86. The molecule has 3 unspecified atom stereocenters. The summed E-state index contributed by atoms with van der Waals surface area (Å²) in [5, 5.41) is 2.75. The standard InChI is InChI=1S/C13H22N2O4S/c1-8-11(16)14-10(13(2,3)4)12(17)15(8)9-5-6-20(18,19)7-9/h8-10H,5-7H2,1-4H3,(H,14,16). The maximum atomic E-state index is 12.6. The van der Waals surface area contributed by atoms with Crippen molar-refractivity contribution in [2.75, 3.05) is 11.5 Å². The van der Waals surface area contributed by atoms with E-state index in [2.05, 4.69) is 5.32 Å². The van der Waals surface area contributed by atoms with E-state index in [0.717, 1.165) is 0 Å². The van der Waals surface area contributed by atoms with Crippen LogP contribution < -0.4 is 5.32 Å². The highest BCUT2D eigenvalue weighted by atomic mass is 32.2. The molecule has 2 rings (SSSR count). The Morgan fingerprint density at radius 1 is 1.25 bits per heavy atom. The van der Waals surface area contributed by atoms with E-state index < -0.39 is 27.3 Å². The van der Waals surface area contributed by atoms with Gasteiger partial charge >= 0.3 is 0 Å². The molecular weight excluding hydrogens is 280 g/mol. The molecule has 114 valence electrons. The molecular formula is C13H22N2O4S. The van der Waals surface area contributed by atoms with E-state index in [-0.39, 0.29) is 29.4 Å². The number of carbonyl (C=O) groups excluding carboxylic acids is 2. The first-order valence-corrected chi connectivity index (χ1v) is 8.68. The average molecular weight is 302 g/mol. The molecule has 7 heteroatoms. The summed E-state index contributed by atoms with van der Waals surface area (Å²) in [6, 6.07) is -1.59. The monoisotopic (exact) mass is 302 g/mol. The Morgan fingerprint density at radius 3 is 2.30 bits per heavy atom. The van der Waals surface area contributed by atoms with Crippen LogP contribution in [0.1, 0.15) is 34.1 Å². The molecule has 2 amide bonds. The molecule has 0 bridgehead atoms. The Labute approximate surface area is 119 Å². The smallest absolute Gasteiger partial charge is 0.246 e. The van der Waals surface area contributed by atoms with Gasteiger partial charge in [-0.1, -0.05) is 20.8 Å². The van der Waals surface area contributed by atoms with Gasteiger partial charge in [0.05, 0.1) is 11.5 Å². The molecule has 2 aliphatic heterocycles. The highest BCUT2D eigenvalue weighted by Gasteiger charge is 2.48. The van der Waals surface area contributed by atoms with Crippen molar-refractivity contribution in [1.82, 2.24) is 10.2 Å². The molecule has 0 radical (unpaired) electrons. The van der Waals surface area contributed by atoms with Gasteiger partial charge in [-0.15, -0.1) is 0 Å². The molecule has 0 aromatic rings. The van der Waals surface area contributed by atoms with Crippen LogP contribution in [0.3, 0.4) is 0 Å². The van der Waals surface area contributed by atoms with Crippen molar-refractivity contribution >= 4 is 21.7 Å². The maximum Gasteiger partial charge on any atom is 0.246 e. The summed E-state index contributed by atoms with van der Waals surface area (Å²) in [6.45, 7) is 7.30. The third-order valence-electron chi connectivity index (χ3n) is 4.05. The zero-order valence-corrected chi connectivity index (χ0v) is 13.2. The Balaban J connectivity index is 2.30. The van der Waals surface area contributed by atoms with Gasteiger partial charge in [-0.25, -0.2) is 8.42 Å². The number of piperazine rings is 1. The van der Waals surface area contributed by atoms with Gasteiger partial charge in [0.25, 0.3) is 0 Å². The summed E-state index contributed by atoms with van der Waals surface area (Å²) in [6.07, 6.45) is 0.419. The predicted molar refractivity (Wildman–Crippen MR) is 74.8 cm³/mol. The summed E-state index contributed by atoms with van der Waals surface area (Å²) in [7, 11) is -3.09. The molecule has 20 heavy (non-hydrogen) atoms. The molecule has 1 N–H and O–H groups in total. The van der Waals surface area contributed by atoms with E-state index >= 15 is 0 Å². The van der Waals surface area contributed by atoms with Crippen molar-refractivity contribution in [1.29, 1.82) is 0 Å². The van der Waals surface area contributed by atoms with E-state index in [0.29, 0.717) is 6.42 Å². The van der Waals surface area contributed by atoms with Crippen LogP contribution >= 0.6 is 0 Å². The van der Waals surface area contributed by atoms with Gasteiger partial charge < -0.3 is 10.2 Å². The zero-order valence-electron chi connectivity index (χ0n) is 12.3. The summed E-state index contributed by atoms with van der Waals surface area (Å²) in [5.41, 5.74) is -0.400. The molecule has 2 fully saturated rings. The minimum Gasteiger partial charge on any atom is -0.342 e. The molecule has 0 aromatic heterocycles. The fourth-order valence-electron chi connectivity index (χ4n) is 2.87. The average Bonchev–Trinajstić information content (AvgIpc) is 2.63. The lowest BCUT2D eigenvalue weighted by Gasteiger charge is -2.44. The highest BCUT2D eigenvalue weighted by molar-refractivity contribution is 7.91. The third-order valence-corrected chi connectivity index (χ3v) is 5.80. The molecule has 2 heterocycles. The zero-order chi connectivity index (χ0) is 15.3. The minimum absolute atomic E-state index is 0.0345. The second kappa shape index (κ2) is 4.72. The van der Waals surface area contributed by atoms with Crippen molar-refractivity contribution in [2.24, 2.45) is 5.41 Å². The summed E-state index contributed by atoms with van der Waals surface area (Å²) < 4.78 is 23.2. The quantitative estimate of drug-likeness (QED) is 0.735. The number of hydrogen-bond acceptors (Lipinski definition) is 4. The number of rotatable bonds is 1. The molecule has 0 aromatic carbocycles. The first-order chi connectivity index (χ1) is 9.03. The van der Waals surface area contributed by atoms with Crippen molar-refractivity contribution in [3.63, 3.8) is 0 Å². The van der Waals surface area contributed by atoms with Gasteiger partial charge in [0.15, 0.2) is 9.84 Å². The summed E-state index contributed by atoms with van der Waals surface area (Å²) in [5.74, 6) is -0.330. The van der Waals surface area contributed by atoms with E-state index in [1.807, 2.05) is 20.8 Å². The second-order valence-electron chi connectivity index (χ2n) is 6.79. The molecule has 2 saturated heterocycles. The first kappa shape index (κ1) is 15.3. The molecule has 0 saturated carbocycles. The number of nitrogens with zero attached hydrogens (tertiary/aromatic N) is 1. The fraction of sp³-hybridized carbons (Fsp3) is 0.846. The van der Waals surface area contributed by atoms with Crippen LogP contribution in [-0.4, -0.2) is 54.8 Å². The number of sulfone groups is 1. The fourth-order valence-corrected chi connectivity index (χ4v) is 4.58. The number of amides is 2. The van der Waals surface area contributed by atoms with E-state index in [4.69, 9.17) is 0 Å². The van der Waals surface area contributed by atoms with Crippen molar-refractivity contribution < 1.29 is 18.0 Å². The SMILES string of the molecule is CC1C(=O)NC(C(C)(C)C)C(=O)N1C1CCS(=O)(=O)C1. The van der Waals surface area contributed by atoms with Gasteiger partial charge in [0.1, 0.15) is 12.1 Å². The van der Waals surface area contributed by atoms with Crippen molar-refractivity contribution in [2.45, 2.75) is 52.2 Å². The van der Waals surface area contributed by atoms with Crippen LogP contribution in [0.5, 0.6) is 0 Å². The van der Waals surface area contributed by atoms with Crippen LogP contribution in [-0.2, 0) is 19.4 Å². The predicted octanol–water partition coefficient (Wildman–Crippen LogP) is -0.0649. The van der Waals surface area contributed by atoms with Gasteiger partial charge in [-0.2, -0.15) is 0 Å². The van der Waals surface area contributed by atoms with Gasteiger partial charge in [0.2, 0.25) is 11.8 Å². The number of nitrogens with one attached hydrogen (secondary N) is 1. The van der Waals surface area contributed by atoms with E-state index in [9.17, 15) is 18.0 Å². The van der Waals surface area contributed by atoms with Gasteiger partial charge in [0, 0.05) is 6.04 Å². The third kappa shape index (κ3) is 2.68. The van der Waals surface area contributed by atoms with Crippen molar-refractivity contribution in [3.05, 3.63) is 0 Å². The lowest BCUT2D eigenvalue weighted by Crippen LogP contribution is -2.68. The van der Waals surface area contributed by atoms with E-state index in [1.54, 1.807) is 6.92 Å². The van der Waals surface area contributed by atoms with Crippen LogP contribution in [0.25, 0.3) is 0 Å². The summed E-state index contributed by atoms with van der Waals surface area (Å²) in [4.78, 5) is 26.2. The van der Waals surface area contributed by atoms with Gasteiger partial charge in [-0.3, -0.25) is 9.59 Å². The molecule has 0 aliphatic carbocycles. The number of carbonyl (C=O) groups is 2. The van der Waals surface area contributed by atoms with Crippen LogP contribution in [0.4, 0.5) is 0 Å². The molecule has 6 nitrogen and oxygen atoms in total. The Bertz CT molecular complexity index is 535. The molecule has 3 atom stereocenters. The lowest BCUT2D eigenvalue weighted by molar-refractivity contribution is -0.154.